The number of anilines is 2. The number of aromatic nitrogens is 2. The molecule has 8 heteroatoms. The highest BCUT2D eigenvalue weighted by Gasteiger charge is 2.50. The third kappa shape index (κ3) is 3.35. The number of halogens is 1. The molecule has 0 bridgehead atoms. The first-order chi connectivity index (χ1) is 15.9. The molecule has 1 aliphatic heterocycles. The number of imidazole rings is 1. The highest BCUT2D eigenvalue weighted by molar-refractivity contribution is 6.12. The van der Waals surface area contributed by atoms with E-state index in [-0.39, 0.29) is 5.91 Å². The van der Waals surface area contributed by atoms with Crippen molar-refractivity contribution in [2.24, 2.45) is 0 Å². The summed E-state index contributed by atoms with van der Waals surface area (Å²) in [5.41, 5.74) is 0.932. The molecule has 3 N–H and O–H groups in total. The van der Waals surface area contributed by atoms with E-state index in [1.54, 1.807) is 42.5 Å². The van der Waals surface area contributed by atoms with Gasteiger partial charge in [0.15, 0.2) is 5.72 Å². The minimum absolute atomic E-state index is 0.145. The van der Waals surface area contributed by atoms with Crippen LogP contribution >= 0.6 is 0 Å². The third-order valence-corrected chi connectivity index (χ3v) is 5.76. The van der Waals surface area contributed by atoms with E-state index in [0.29, 0.717) is 45.8 Å². The van der Waals surface area contributed by atoms with Crippen LogP contribution in [0.3, 0.4) is 0 Å². The van der Waals surface area contributed by atoms with Gasteiger partial charge in [-0.15, -0.1) is 0 Å². The number of fused-ring (bicyclic) bond motifs is 2. The van der Waals surface area contributed by atoms with Crippen molar-refractivity contribution in [3.8, 4) is 0 Å². The molecule has 0 saturated carbocycles. The zero-order valence-electron chi connectivity index (χ0n) is 17.8. The number of hydrogen-bond donors (Lipinski definition) is 3. The monoisotopic (exact) mass is 444 g/mol. The predicted molar refractivity (Wildman–Crippen MR) is 122 cm³/mol. The van der Waals surface area contributed by atoms with E-state index in [1.807, 2.05) is 6.92 Å². The third-order valence-electron chi connectivity index (χ3n) is 5.76. The SMILES string of the molecule is CCCC(=O)Nc1nc2ccc(C3(O)c4ccccc4C(=O)N3c3ccc(F)cc3)cc2[nH]1. The molecular weight excluding hydrogens is 423 g/mol. The van der Waals surface area contributed by atoms with Crippen molar-refractivity contribution in [3.63, 3.8) is 0 Å². The number of carbonyl (C=O) groups excluding carboxylic acids is 2. The summed E-state index contributed by atoms with van der Waals surface area (Å²) in [6.07, 6.45) is 1.10. The fraction of sp³-hybridized carbons (Fsp3) is 0.160. The molecule has 1 aliphatic rings. The lowest BCUT2D eigenvalue weighted by molar-refractivity contribution is -0.116. The van der Waals surface area contributed by atoms with Gasteiger partial charge in [-0.1, -0.05) is 31.2 Å². The molecule has 7 nitrogen and oxygen atoms in total. The largest absolute Gasteiger partial charge is 0.363 e. The van der Waals surface area contributed by atoms with Crippen molar-refractivity contribution in [2.45, 2.75) is 25.5 Å². The molecule has 4 aromatic rings. The van der Waals surface area contributed by atoms with E-state index in [9.17, 15) is 19.1 Å². The van der Waals surface area contributed by atoms with Gasteiger partial charge in [0, 0.05) is 28.8 Å². The Morgan fingerprint density at radius 2 is 1.91 bits per heavy atom. The first-order valence-electron chi connectivity index (χ1n) is 10.6. The molecule has 1 unspecified atom stereocenters. The van der Waals surface area contributed by atoms with E-state index in [0.717, 1.165) is 6.42 Å². The Labute approximate surface area is 188 Å². The molecule has 33 heavy (non-hydrogen) atoms. The van der Waals surface area contributed by atoms with Crippen LogP contribution in [-0.4, -0.2) is 26.9 Å². The number of carbonyl (C=O) groups is 2. The summed E-state index contributed by atoms with van der Waals surface area (Å²) in [4.78, 5) is 34.0. The van der Waals surface area contributed by atoms with E-state index in [2.05, 4.69) is 15.3 Å². The lowest BCUT2D eigenvalue weighted by atomic mass is 9.93. The Morgan fingerprint density at radius 1 is 1.15 bits per heavy atom. The molecule has 1 atom stereocenters. The molecule has 2 amide bonds. The number of H-pyrrole nitrogens is 1. The first-order valence-corrected chi connectivity index (χ1v) is 10.6. The number of hydrogen-bond acceptors (Lipinski definition) is 4. The smallest absolute Gasteiger partial charge is 0.261 e. The Bertz CT molecular complexity index is 1380. The molecule has 3 aromatic carbocycles. The van der Waals surface area contributed by atoms with Crippen LogP contribution in [0, 0.1) is 5.82 Å². The second kappa shape index (κ2) is 7.83. The molecule has 2 heterocycles. The number of rotatable bonds is 5. The Morgan fingerprint density at radius 3 is 2.67 bits per heavy atom. The normalized spacial score (nSPS) is 17.4. The van der Waals surface area contributed by atoms with Crippen LogP contribution in [0.1, 0.15) is 41.3 Å². The van der Waals surface area contributed by atoms with Gasteiger partial charge in [0.05, 0.1) is 11.0 Å². The minimum Gasteiger partial charge on any atom is -0.363 e. The summed E-state index contributed by atoms with van der Waals surface area (Å²) < 4.78 is 13.6. The Kier molecular flexibility index (Phi) is 4.94. The van der Waals surface area contributed by atoms with Crippen molar-refractivity contribution in [2.75, 3.05) is 10.2 Å². The molecule has 0 spiro atoms. The zero-order chi connectivity index (χ0) is 23.2. The highest BCUT2D eigenvalue weighted by atomic mass is 19.1. The van der Waals surface area contributed by atoms with Gasteiger partial charge in [-0.2, -0.15) is 0 Å². The molecule has 166 valence electrons. The van der Waals surface area contributed by atoms with Crippen molar-refractivity contribution in [1.29, 1.82) is 0 Å². The van der Waals surface area contributed by atoms with Crippen LogP contribution in [0.2, 0.25) is 0 Å². The molecule has 0 saturated heterocycles. The maximum Gasteiger partial charge on any atom is 0.261 e. The van der Waals surface area contributed by atoms with Crippen LogP contribution in [0.4, 0.5) is 16.0 Å². The number of amides is 2. The van der Waals surface area contributed by atoms with Crippen LogP contribution in [-0.2, 0) is 10.5 Å². The summed E-state index contributed by atoms with van der Waals surface area (Å²) >= 11 is 0. The van der Waals surface area contributed by atoms with Gasteiger partial charge in [-0.3, -0.25) is 19.8 Å². The number of aromatic amines is 1. The van der Waals surface area contributed by atoms with Crippen molar-refractivity contribution in [1.82, 2.24) is 9.97 Å². The second-order valence-electron chi connectivity index (χ2n) is 7.95. The lowest BCUT2D eigenvalue weighted by Gasteiger charge is -2.34. The molecule has 1 aromatic heterocycles. The van der Waals surface area contributed by atoms with Crippen LogP contribution in [0.15, 0.2) is 66.7 Å². The van der Waals surface area contributed by atoms with E-state index in [4.69, 9.17) is 0 Å². The molecular formula is C25H21FN4O3. The number of nitrogens with one attached hydrogen (secondary N) is 2. The summed E-state index contributed by atoms with van der Waals surface area (Å²) in [5.74, 6) is -0.668. The molecule has 0 aliphatic carbocycles. The Balaban J connectivity index is 1.63. The predicted octanol–water partition coefficient (Wildman–Crippen LogP) is 4.29. The summed E-state index contributed by atoms with van der Waals surface area (Å²) in [5, 5.41) is 14.8. The molecule has 0 fully saturated rings. The fourth-order valence-corrected chi connectivity index (χ4v) is 4.25. The molecule has 0 radical (unpaired) electrons. The molecule has 5 rings (SSSR count). The maximum atomic E-state index is 13.6. The first kappa shape index (κ1) is 20.8. The second-order valence-corrected chi connectivity index (χ2v) is 7.95. The average molecular weight is 444 g/mol. The van der Waals surface area contributed by atoms with Crippen LogP contribution < -0.4 is 10.2 Å². The maximum absolute atomic E-state index is 13.6. The number of nitrogens with zero attached hydrogens (tertiary/aromatic N) is 2. The summed E-state index contributed by atoms with van der Waals surface area (Å²) in [7, 11) is 0. The van der Waals surface area contributed by atoms with Crippen LogP contribution in [0.5, 0.6) is 0 Å². The van der Waals surface area contributed by atoms with E-state index >= 15 is 0 Å². The van der Waals surface area contributed by atoms with Gasteiger partial charge in [-0.05, 0) is 48.9 Å². The van der Waals surface area contributed by atoms with Crippen LogP contribution in [0.25, 0.3) is 11.0 Å². The Hall–Kier alpha value is -4.04. The summed E-state index contributed by atoms with van der Waals surface area (Å²) in [6, 6.07) is 17.3. The topological polar surface area (TPSA) is 98.3 Å². The number of benzene rings is 3. The highest BCUT2D eigenvalue weighted by Crippen LogP contribution is 2.45. The van der Waals surface area contributed by atoms with Gasteiger partial charge in [0.1, 0.15) is 5.82 Å². The minimum atomic E-state index is -1.82. The van der Waals surface area contributed by atoms with Gasteiger partial charge in [0.25, 0.3) is 5.91 Å². The van der Waals surface area contributed by atoms with Gasteiger partial charge < -0.3 is 10.1 Å². The zero-order valence-corrected chi connectivity index (χ0v) is 17.8. The van der Waals surface area contributed by atoms with Gasteiger partial charge >= 0.3 is 0 Å². The standard InChI is InChI=1S/C25H21FN4O3/c1-2-5-22(31)29-24-27-20-13-8-15(14-21(20)28-24)25(33)19-7-4-3-6-18(19)23(32)30(25)17-11-9-16(26)10-12-17/h3-4,6-14,33H,2,5H2,1H3,(H2,27,28,29,31). The van der Waals surface area contributed by atoms with Gasteiger partial charge in [-0.25, -0.2) is 9.37 Å². The van der Waals surface area contributed by atoms with E-state index in [1.165, 1.54) is 29.2 Å². The number of aliphatic hydroxyl groups is 1. The van der Waals surface area contributed by atoms with Crippen molar-refractivity contribution >= 4 is 34.5 Å². The van der Waals surface area contributed by atoms with Crippen molar-refractivity contribution < 1.29 is 19.1 Å². The van der Waals surface area contributed by atoms with E-state index < -0.39 is 17.4 Å². The quantitative estimate of drug-likeness (QED) is 0.428. The van der Waals surface area contributed by atoms with Crippen molar-refractivity contribution in [3.05, 3.63) is 89.2 Å². The summed E-state index contributed by atoms with van der Waals surface area (Å²) in [6.45, 7) is 1.92. The fourth-order valence-electron chi connectivity index (χ4n) is 4.25. The average Bonchev–Trinajstić information content (AvgIpc) is 3.31. The van der Waals surface area contributed by atoms with Gasteiger partial charge in [0.2, 0.25) is 11.9 Å². The lowest BCUT2D eigenvalue weighted by Crippen LogP contribution is -2.45.